The maximum Gasteiger partial charge on any atom is 0.233 e. The molecule has 3 heteroatoms. The average molecular weight is 295 g/mol. The number of amides is 1. The Morgan fingerprint density at radius 2 is 2.14 bits per heavy atom. The lowest BCUT2D eigenvalue weighted by Gasteiger charge is -2.33. The Morgan fingerprint density at radius 1 is 1.41 bits per heavy atom. The predicted molar refractivity (Wildman–Crippen MR) is 86.7 cm³/mol. The number of anilines is 1. The van der Waals surface area contributed by atoms with E-state index in [-0.39, 0.29) is 24.0 Å². The summed E-state index contributed by atoms with van der Waals surface area (Å²) in [6, 6.07) is 8.19. The first-order valence-corrected chi connectivity index (χ1v) is 7.92. The van der Waals surface area contributed by atoms with Crippen LogP contribution in [-0.2, 0) is 9.53 Å². The Bertz CT molecular complexity index is 675. The largest absolute Gasteiger partial charge is 0.361 e. The number of fused-ring (bicyclic) bond motifs is 1. The minimum absolute atomic E-state index is 0.00829. The molecule has 4 atom stereocenters. The lowest BCUT2D eigenvalue weighted by molar-refractivity contribution is -0.121. The number of ether oxygens (including phenoxy) is 1. The van der Waals surface area contributed by atoms with Gasteiger partial charge in [-0.3, -0.25) is 4.79 Å². The molecule has 3 nitrogen and oxygen atoms in total. The Balaban J connectivity index is 1.79. The van der Waals surface area contributed by atoms with Gasteiger partial charge in [-0.2, -0.15) is 0 Å². The van der Waals surface area contributed by atoms with Gasteiger partial charge in [-0.25, -0.2) is 0 Å². The van der Waals surface area contributed by atoms with E-state index in [1.54, 1.807) is 0 Å². The highest BCUT2D eigenvalue weighted by atomic mass is 16.5. The second-order valence-corrected chi connectivity index (χ2v) is 6.88. The van der Waals surface area contributed by atoms with Gasteiger partial charge >= 0.3 is 0 Å². The van der Waals surface area contributed by atoms with Crippen molar-refractivity contribution in [2.45, 2.75) is 44.4 Å². The highest BCUT2D eigenvalue weighted by Gasteiger charge is 2.65. The summed E-state index contributed by atoms with van der Waals surface area (Å²) in [7, 11) is 0. The monoisotopic (exact) mass is 295 g/mol. The van der Waals surface area contributed by atoms with E-state index >= 15 is 0 Å². The molecule has 0 saturated carbocycles. The molecular formula is C19H21NO2. The van der Waals surface area contributed by atoms with E-state index < -0.39 is 5.60 Å². The molecule has 1 aromatic rings. The van der Waals surface area contributed by atoms with Gasteiger partial charge in [0, 0.05) is 5.69 Å². The molecule has 114 valence electrons. The molecule has 2 fully saturated rings. The van der Waals surface area contributed by atoms with Crippen molar-refractivity contribution >= 4 is 11.6 Å². The van der Waals surface area contributed by atoms with Gasteiger partial charge in [0.25, 0.3) is 0 Å². The van der Waals surface area contributed by atoms with E-state index in [9.17, 15) is 4.79 Å². The maximum absolute atomic E-state index is 13.0. The molecule has 3 aliphatic rings. The van der Waals surface area contributed by atoms with Gasteiger partial charge < -0.3 is 9.64 Å². The smallest absolute Gasteiger partial charge is 0.233 e. The van der Waals surface area contributed by atoms with Crippen LogP contribution >= 0.6 is 0 Å². The molecule has 4 rings (SSSR count). The Hall–Kier alpha value is -1.87. The molecule has 3 aliphatic heterocycles. The van der Waals surface area contributed by atoms with Crippen molar-refractivity contribution in [3.63, 3.8) is 0 Å². The number of hydrogen-bond donors (Lipinski definition) is 0. The third-order valence-corrected chi connectivity index (χ3v) is 5.16. The normalized spacial score (nSPS) is 35.3. The van der Waals surface area contributed by atoms with E-state index in [4.69, 9.17) is 4.74 Å². The molecule has 3 heterocycles. The highest BCUT2D eigenvalue weighted by Crippen LogP contribution is 2.54. The highest BCUT2D eigenvalue weighted by molar-refractivity contribution is 6.01. The second kappa shape index (κ2) is 4.56. The molecule has 1 spiro atoms. The lowest BCUT2D eigenvalue weighted by Crippen LogP contribution is -2.45. The van der Waals surface area contributed by atoms with Crippen molar-refractivity contribution in [3.8, 4) is 0 Å². The fraction of sp³-hybridized carbons (Fsp3) is 0.421. The molecule has 2 saturated heterocycles. The number of hydrogen-bond acceptors (Lipinski definition) is 2. The summed E-state index contributed by atoms with van der Waals surface area (Å²) < 4.78 is 6.23. The van der Waals surface area contributed by atoms with Gasteiger partial charge in [-0.15, -0.1) is 6.58 Å². The molecule has 0 radical (unpaired) electrons. The summed E-state index contributed by atoms with van der Waals surface area (Å²) in [6.07, 6.45) is 5.94. The predicted octanol–water partition coefficient (Wildman–Crippen LogP) is 3.39. The number of aryl methyl sites for hydroxylation is 1. The first-order valence-electron chi connectivity index (χ1n) is 7.92. The Morgan fingerprint density at radius 3 is 2.77 bits per heavy atom. The summed E-state index contributed by atoms with van der Waals surface area (Å²) in [5.41, 5.74) is 2.79. The summed E-state index contributed by atoms with van der Waals surface area (Å²) in [5, 5.41) is 0. The SMILES string of the molecule is C=C(C)CC1N(c2ccc(C)cc2)C(=O)[C@@H]2C[C@H]3C=C[C@@]12O3. The van der Waals surface area contributed by atoms with Crippen LogP contribution in [0.1, 0.15) is 25.3 Å². The van der Waals surface area contributed by atoms with Crippen LogP contribution in [0.15, 0.2) is 48.6 Å². The van der Waals surface area contributed by atoms with Crippen LogP contribution in [0.3, 0.4) is 0 Å². The lowest BCUT2D eigenvalue weighted by atomic mass is 9.80. The molecule has 2 bridgehead atoms. The van der Waals surface area contributed by atoms with Crippen LogP contribution in [-0.4, -0.2) is 23.7 Å². The van der Waals surface area contributed by atoms with Crippen LogP contribution in [0.4, 0.5) is 5.69 Å². The number of carbonyl (C=O) groups is 1. The zero-order valence-corrected chi connectivity index (χ0v) is 13.1. The molecule has 1 amide bonds. The zero-order chi connectivity index (χ0) is 15.5. The van der Waals surface area contributed by atoms with Gasteiger partial charge in [-0.05, 0) is 38.8 Å². The summed E-state index contributed by atoms with van der Waals surface area (Å²) in [6.45, 7) is 8.14. The quantitative estimate of drug-likeness (QED) is 0.800. The fourth-order valence-electron chi connectivity index (χ4n) is 4.17. The number of carbonyl (C=O) groups excluding carboxylic acids is 1. The minimum atomic E-state index is -0.453. The van der Waals surface area contributed by atoms with Crippen LogP contribution in [0, 0.1) is 12.8 Å². The molecule has 0 N–H and O–H groups in total. The van der Waals surface area contributed by atoms with Crippen molar-refractivity contribution in [2.24, 2.45) is 5.92 Å². The molecule has 0 aliphatic carbocycles. The minimum Gasteiger partial charge on any atom is -0.361 e. The van der Waals surface area contributed by atoms with Gasteiger partial charge in [0.15, 0.2) is 0 Å². The molecular weight excluding hydrogens is 274 g/mol. The second-order valence-electron chi connectivity index (χ2n) is 6.88. The topological polar surface area (TPSA) is 29.5 Å². The van der Waals surface area contributed by atoms with Crippen molar-refractivity contribution in [1.29, 1.82) is 0 Å². The van der Waals surface area contributed by atoms with Crippen LogP contribution in [0.25, 0.3) is 0 Å². The maximum atomic E-state index is 13.0. The molecule has 22 heavy (non-hydrogen) atoms. The van der Waals surface area contributed by atoms with Crippen molar-refractivity contribution in [2.75, 3.05) is 4.90 Å². The van der Waals surface area contributed by atoms with Crippen molar-refractivity contribution in [1.82, 2.24) is 0 Å². The van der Waals surface area contributed by atoms with Gasteiger partial charge in [0.1, 0.15) is 5.60 Å². The Labute approximate surface area is 131 Å². The third kappa shape index (κ3) is 1.75. The molecule has 1 aromatic carbocycles. The van der Waals surface area contributed by atoms with E-state index in [2.05, 4.69) is 37.8 Å². The fourth-order valence-corrected chi connectivity index (χ4v) is 4.17. The van der Waals surface area contributed by atoms with Gasteiger partial charge in [0.05, 0.1) is 18.1 Å². The summed E-state index contributed by atoms with van der Waals surface area (Å²) in [5.74, 6) is 0.148. The first kappa shape index (κ1) is 13.8. The van der Waals surface area contributed by atoms with E-state index in [1.165, 1.54) is 5.56 Å². The van der Waals surface area contributed by atoms with Crippen molar-refractivity contribution in [3.05, 3.63) is 54.1 Å². The zero-order valence-electron chi connectivity index (χ0n) is 13.1. The van der Waals surface area contributed by atoms with E-state index in [0.717, 1.165) is 24.1 Å². The van der Waals surface area contributed by atoms with E-state index in [0.29, 0.717) is 0 Å². The van der Waals surface area contributed by atoms with Gasteiger partial charge in [-0.1, -0.05) is 35.4 Å². The van der Waals surface area contributed by atoms with Crippen LogP contribution in [0.2, 0.25) is 0 Å². The summed E-state index contributed by atoms with van der Waals surface area (Å²) in [4.78, 5) is 15.0. The summed E-state index contributed by atoms with van der Waals surface area (Å²) >= 11 is 0. The van der Waals surface area contributed by atoms with Gasteiger partial charge in [0.2, 0.25) is 5.91 Å². The first-order chi connectivity index (χ1) is 10.5. The third-order valence-electron chi connectivity index (χ3n) is 5.16. The molecule has 1 unspecified atom stereocenters. The Kier molecular flexibility index (Phi) is 2.85. The van der Waals surface area contributed by atoms with E-state index in [1.807, 2.05) is 24.0 Å². The molecule has 0 aromatic heterocycles. The van der Waals surface area contributed by atoms with Crippen LogP contribution < -0.4 is 4.90 Å². The number of benzene rings is 1. The average Bonchev–Trinajstić information content (AvgIpc) is 3.12. The van der Waals surface area contributed by atoms with Crippen molar-refractivity contribution < 1.29 is 9.53 Å². The standard InChI is InChI=1S/C19H21NO2/c1-12(2)10-17-19-9-8-15(22-19)11-16(19)18(21)20(17)14-6-4-13(3)5-7-14/h4-9,15-17H,1,10-11H2,2-3H3/t15-,16+,17?,19+/m1/s1. The van der Waals surface area contributed by atoms with Crippen LogP contribution in [0.5, 0.6) is 0 Å². The number of rotatable bonds is 3. The number of nitrogens with zero attached hydrogens (tertiary/aromatic N) is 1.